The first-order chi connectivity index (χ1) is 13.1. The van der Waals surface area contributed by atoms with Gasteiger partial charge in [0.1, 0.15) is 5.82 Å². The summed E-state index contributed by atoms with van der Waals surface area (Å²) in [4.78, 5) is 5.01. The summed E-state index contributed by atoms with van der Waals surface area (Å²) in [6.07, 6.45) is 2.97. The van der Waals surface area contributed by atoms with E-state index in [2.05, 4.69) is 38.1 Å². The second-order valence-corrected chi connectivity index (χ2v) is 7.50. The van der Waals surface area contributed by atoms with Crippen LogP contribution in [0.4, 0.5) is 4.39 Å². The van der Waals surface area contributed by atoms with Crippen LogP contribution >= 0.6 is 0 Å². The Morgan fingerprint density at radius 2 is 1.74 bits per heavy atom. The van der Waals surface area contributed by atoms with Crippen molar-refractivity contribution in [2.75, 3.05) is 0 Å². The van der Waals surface area contributed by atoms with Gasteiger partial charge in [0.25, 0.3) is 0 Å². The van der Waals surface area contributed by atoms with E-state index in [0.29, 0.717) is 0 Å². The van der Waals surface area contributed by atoms with Gasteiger partial charge in [0.2, 0.25) is 0 Å². The highest BCUT2D eigenvalue weighted by atomic mass is 19.1. The maximum atomic E-state index is 13.6. The van der Waals surface area contributed by atoms with Crippen LogP contribution in [0.15, 0.2) is 48.5 Å². The molecule has 0 amide bonds. The summed E-state index contributed by atoms with van der Waals surface area (Å²) in [6.45, 7) is 4.13. The van der Waals surface area contributed by atoms with Crippen molar-refractivity contribution in [3.05, 3.63) is 76.9 Å². The molecular formula is C24H24FNO. The molecule has 0 saturated heterocycles. The summed E-state index contributed by atoms with van der Waals surface area (Å²) in [7, 11) is 0. The van der Waals surface area contributed by atoms with E-state index in [9.17, 15) is 9.50 Å². The fourth-order valence-electron chi connectivity index (χ4n) is 4.16. The second-order valence-electron chi connectivity index (χ2n) is 7.50. The first-order valence-corrected chi connectivity index (χ1v) is 9.61. The van der Waals surface area contributed by atoms with Crippen LogP contribution in [0.3, 0.4) is 0 Å². The number of aliphatic hydroxyl groups is 1. The van der Waals surface area contributed by atoms with Crippen LogP contribution in [0.1, 0.15) is 48.7 Å². The van der Waals surface area contributed by atoms with Crippen molar-refractivity contribution in [1.82, 2.24) is 4.98 Å². The molecule has 1 N–H and O–H groups in total. The standard InChI is InChI=1S/C24H24FNO/c1-15(2)24-20(14-27)22(17-10-12-18(25)13-11-17)23-19-8-4-3-6-16(19)7-5-9-21(23)26-24/h3-4,6,8,10-13,15,27H,5,7,9,14H2,1-2H3. The summed E-state index contributed by atoms with van der Waals surface area (Å²) in [5.74, 6) is -0.0518. The lowest BCUT2D eigenvalue weighted by molar-refractivity contribution is 0.280. The third-order valence-electron chi connectivity index (χ3n) is 5.39. The molecule has 0 aliphatic heterocycles. The van der Waals surface area contributed by atoms with Crippen LogP contribution in [0.2, 0.25) is 0 Å². The largest absolute Gasteiger partial charge is 0.392 e. The number of benzene rings is 2. The topological polar surface area (TPSA) is 33.1 Å². The Balaban J connectivity index is 2.12. The molecule has 3 heteroatoms. The predicted molar refractivity (Wildman–Crippen MR) is 107 cm³/mol. The number of fused-ring (bicyclic) bond motifs is 3. The molecule has 138 valence electrons. The van der Waals surface area contributed by atoms with E-state index in [1.165, 1.54) is 23.3 Å². The van der Waals surface area contributed by atoms with Crippen LogP contribution < -0.4 is 0 Å². The van der Waals surface area contributed by atoms with Gasteiger partial charge in [0.05, 0.1) is 6.61 Å². The van der Waals surface area contributed by atoms with E-state index in [4.69, 9.17) is 4.98 Å². The van der Waals surface area contributed by atoms with Crippen molar-refractivity contribution in [1.29, 1.82) is 0 Å². The number of hydrogen-bond acceptors (Lipinski definition) is 2. The lowest BCUT2D eigenvalue weighted by atomic mass is 9.86. The predicted octanol–water partition coefficient (Wildman–Crippen LogP) is 5.66. The molecule has 1 heterocycles. The minimum Gasteiger partial charge on any atom is -0.392 e. The number of aromatic nitrogens is 1. The van der Waals surface area contributed by atoms with E-state index in [0.717, 1.165) is 52.9 Å². The lowest BCUT2D eigenvalue weighted by Crippen LogP contribution is -2.09. The quantitative estimate of drug-likeness (QED) is 0.653. The molecule has 0 saturated carbocycles. The molecule has 27 heavy (non-hydrogen) atoms. The van der Waals surface area contributed by atoms with Gasteiger partial charge in [-0.3, -0.25) is 4.98 Å². The number of halogens is 1. The molecule has 0 radical (unpaired) electrons. The zero-order chi connectivity index (χ0) is 19.0. The summed E-state index contributed by atoms with van der Waals surface area (Å²) in [5.41, 5.74) is 8.40. The summed E-state index contributed by atoms with van der Waals surface area (Å²) >= 11 is 0. The van der Waals surface area contributed by atoms with Crippen molar-refractivity contribution in [2.45, 2.75) is 45.6 Å². The van der Waals surface area contributed by atoms with Gasteiger partial charge in [0.15, 0.2) is 0 Å². The second kappa shape index (κ2) is 7.24. The molecular weight excluding hydrogens is 337 g/mol. The van der Waals surface area contributed by atoms with Crippen LogP contribution in [0.25, 0.3) is 22.3 Å². The normalized spacial score (nSPS) is 13.2. The molecule has 0 atom stereocenters. The smallest absolute Gasteiger partial charge is 0.123 e. The number of aryl methyl sites for hydroxylation is 2. The average Bonchev–Trinajstić information content (AvgIpc) is 2.86. The molecule has 1 aliphatic carbocycles. The number of aliphatic hydroxyl groups excluding tert-OH is 1. The van der Waals surface area contributed by atoms with Gasteiger partial charge in [0, 0.05) is 22.5 Å². The Morgan fingerprint density at radius 1 is 1.00 bits per heavy atom. The monoisotopic (exact) mass is 361 g/mol. The Hall–Kier alpha value is -2.52. The zero-order valence-corrected chi connectivity index (χ0v) is 15.8. The van der Waals surface area contributed by atoms with Gasteiger partial charge in [-0.05, 0) is 59.6 Å². The number of pyridine rings is 1. The average molecular weight is 361 g/mol. The van der Waals surface area contributed by atoms with E-state index in [1.807, 2.05) is 12.1 Å². The molecule has 2 aromatic carbocycles. The van der Waals surface area contributed by atoms with Crippen molar-refractivity contribution >= 4 is 0 Å². The van der Waals surface area contributed by atoms with Crippen LogP contribution in [0, 0.1) is 5.82 Å². The highest BCUT2D eigenvalue weighted by Gasteiger charge is 2.25. The maximum Gasteiger partial charge on any atom is 0.123 e. The van der Waals surface area contributed by atoms with E-state index in [-0.39, 0.29) is 18.3 Å². The minimum absolute atomic E-state index is 0.0807. The molecule has 4 rings (SSSR count). The molecule has 2 nitrogen and oxygen atoms in total. The van der Waals surface area contributed by atoms with Crippen molar-refractivity contribution < 1.29 is 9.50 Å². The lowest BCUT2D eigenvalue weighted by Gasteiger charge is -2.22. The first-order valence-electron chi connectivity index (χ1n) is 9.61. The van der Waals surface area contributed by atoms with Crippen molar-refractivity contribution in [3.63, 3.8) is 0 Å². The minimum atomic E-state index is -0.256. The van der Waals surface area contributed by atoms with Gasteiger partial charge in [-0.15, -0.1) is 0 Å². The maximum absolute atomic E-state index is 13.6. The molecule has 0 unspecified atom stereocenters. The van der Waals surface area contributed by atoms with E-state index < -0.39 is 0 Å². The van der Waals surface area contributed by atoms with Crippen LogP contribution in [-0.4, -0.2) is 10.1 Å². The van der Waals surface area contributed by atoms with Crippen molar-refractivity contribution in [2.24, 2.45) is 0 Å². The van der Waals surface area contributed by atoms with Crippen LogP contribution in [0.5, 0.6) is 0 Å². The summed E-state index contributed by atoms with van der Waals surface area (Å²) in [6, 6.07) is 15.0. The number of nitrogens with zero attached hydrogens (tertiary/aromatic N) is 1. The summed E-state index contributed by atoms with van der Waals surface area (Å²) in [5, 5.41) is 10.3. The fourth-order valence-corrected chi connectivity index (χ4v) is 4.16. The molecule has 0 spiro atoms. The van der Waals surface area contributed by atoms with Crippen LogP contribution in [-0.2, 0) is 19.4 Å². The van der Waals surface area contributed by atoms with Gasteiger partial charge in [-0.25, -0.2) is 4.39 Å². The molecule has 3 aromatic rings. The highest BCUT2D eigenvalue weighted by Crippen LogP contribution is 2.43. The summed E-state index contributed by atoms with van der Waals surface area (Å²) < 4.78 is 13.6. The molecule has 1 aromatic heterocycles. The third kappa shape index (κ3) is 3.17. The molecule has 0 fully saturated rings. The van der Waals surface area contributed by atoms with Crippen molar-refractivity contribution in [3.8, 4) is 22.3 Å². The third-order valence-corrected chi connectivity index (χ3v) is 5.39. The first kappa shape index (κ1) is 17.9. The number of rotatable bonds is 3. The Labute approximate surface area is 159 Å². The van der Waals surface area contributed by atoms with Gasteiger partial charge in [-0.1, -0.05) is 50.2 Å². The van der Waals surface area contributed by atoms with E-state index >= 15 is 0 Å². The zero-order valence-electron chi connectivity index (χ0n) is 15.8. The molecule has 0 bridgehead atoms. The Morgan fingerprint density at radius 3 is 2.44 bits per heavy atom. The highest BCUT2D eigenvalue weighted by molar-refractivity contribution is 5.89. The van der Waals surface area contributed by atoms with Gasteiger partial charge >= 0.3 is 0 Å². The fraction of sp³-hybridized carbons (Fsp3) is 0.292. The Bertz CT molecular complexity index is 976. The SMILES string of the molecule is CC(C)c1nc2c(c(-c3ccc(F)cc3)c1CO)-c1ccccc1CCC2. The number of hydrogen-bond donors (Lipinski definition) is 1. The van der Waals surface area contributed by atoms with Gasteiger partial charge < -0.3 is 5.11 Å². The Kier molecular flexibility index (Phi) is 4.79. The van der Waals surface area contributed by atoms with Gasteiger partial charge in [-0.2, -0.15) is 0 Å². The van der Waals surface area contributed by atoms with E-state index in [1.54, 1.807) is 0 Å². The molecule has 1 aliphatic rings.